The van der Waals surface area contributed by atoms with Crippen LogP contribution in [0.25, 0.3) is 0 Å². The van der Waals surface area contributed by atoms with Crippen molar-refractivity contribution >= 4 is 21.8 Å². The molecule has 0 aliphatic rings. The lowest BCUT2D eigenvalue weighted by Crippen LogP contribution is -2.32. The van der Waals surface area contributed by atoms with Gasteiger partial charge in [0.1, 0.15) is 11.9 Å². The maximum absolute atomic E-state index is 11.2. The standard InChI is InChI=1S/C10H19NO5S/c1-8(12)5-4-6-10(13)16-9(2)7-11-17(3,14)15/h9,11H,4-7H2,1-3H3/t9-/m1/s1. The lowest BCUT2D eigenvalue weighted by molar-refractivity contribution is -0.148. The van der Waals surface area contributed by atoms with E-state index in [1.807, 2.05) is 0 Å². The maximum atomic E-state index is 11.2. The van der Waals surface area contributed by atoms with Gasteiger partial charge in [-0.15, -0.1) is 0 Å². The van der Waals surface area contributed by atoms with E-state index in [0.29, 0.717) is 12.8 Å². The average molecular weight is 265 g/mol. The van der Waals surface area contributed by atoms with Crippen LogP contribution in [0.2, 0.25) is 0 Å². The quantitative estimate of drug-likeness (QED) is 0.634. The Balaban J connectivity index is 3.77. The van der Waals surface area contributed by atoms with Crippen molar-refractivity contribution in [3.63, 3.8) is 0 Å². The molecule has 1 atom stereocenters. The molecule has 0 rings (SSSR count). The molecule has 0 aliphatic heterocycles. The third-order valence-electron chi connectivity index (χ3n) is 1.88. The molecule has 0 aromatic rings. The van der Waals surface area contributed by atoms with E-state index in [4.69, 9.17) is 4.74 Å². The fourth-order valence-corrected chi connectivity index (χ4v) is 1.61. The second kappa shape index (κ2) is 7.39. The Kier molecular flexibility index (Phi) is 6.98. The number of carbonyl (C=O) groups is 2. The van der Waals surface area contributed by atoms with Crippen molar-refractivity contribution < 1.29 is 22.7 Å². The van der Waals surface area contributed by atoms with Gasteiger partial charge in [0, 0.05) is 19.4 Å². The van der Waals surface area contributed by atoms with Gasteiger partial charge in [-0.05, 0) is 20.3 Å². The minimum atomic E-state index is -3.27. The minimum Gasteiger partial charge on any atom is -0.461 e. The van der Waals surface area contributed by atoms with Gasteiger partial charge in [-0.1, -0.05) is 0 Å². The third kappa shape index (κ3) is 11.3. The Morgan fingerprint density at radius 3 is 2.35 bits per heavy atom. The number of ketones is 1. The van der Waals surface area contributed by atoms with Crippen molar-refractivity contribution in [2.24, 2.45) is 0 Å². The van der Waals surface area contributed by atoms with Crippen LogP contribution in [0.15, 0.2) is 0 Å². The van der Waals surface area contributed by atoms with Gasteiger partial charge in [-0.2, -0.15) is 0 Å². The summed E-state index contributed by atoms with van der Waals surface area (Å²) >= 11 is 0. The van der Waals surface area contributed by atoms with Crippen molar-refractivity contribution in [3.8, 4) is 0 Å². The summed E-state index contributed by atoms with van der Waals surface area (Å²) in [7, 11) is -3.27. The van der Waals surface area contributed by atoms with Crippen LogP contribution in [-0.2, 0) is 24.3 Å². The summed E-state index contributed by atoms with van der Waals surface area (Å²) < 4.78 is 28.8. The predicted molar refractivity (Wildman–Crippen MR) is 62.9 cm³/mol. The molecule has 6 nitrogen and oxygen atoms in total. The van der Waals surface area contributed by atoms with Crippen LogP contribution < -0.4 is 4.72 Å². The first-order valence-corrected chi connectivity index (χ1v) is 7.23. The molecule has 1 N–H and O–H groups in total. The molecule has 0 amide bonds. The first kappa shape index (κ1) is 16.1. The Bertz CT molecular complexity index is 363. The van der Waals surface area contributed by atoms with Crippen LogP contribution >= 0.6 is 0 Å². The zero-order valence-electron chi connectivity index (χ0n) is 10.4. The summed E-state index contributed by atoms with van der Waals surface area (Å²) in [6.07, 6.45) is 1.50. The smallest absolute Gasteiger partial charge is 0.306 e. The monoisotopic (exact) mass is 265 g/mol. The first-order valence-electron chi connectivity index (χ1n) is 5.34. The Morgan fingerprint density at radius 2 is 1.88 bits per heavy atom. The second-order valence-corrected chi connectivity index (χ2v) is 5.81. The number of hydrogen-bond donors (Lipinski definition) is 1. The molecule has 7 heteroatoms. The van der Waals surface area contributed by atoms with Gasteiger partial charge < -0.3 is 9.53 Å². The van der Waals surface area contributed by atoms with E-state index in [0.717, 1.165) is 6.26 Å². The van der Waals surface area contributed by atoms with Crippen LogP contribution in [0.4, 0.5) is 0 Å². The molecular formula is C10H19NO5S. The number of sulfonamides is 1. The molecule has 0 saturated heterocycles. The summed E-state index contributed by atoms with van der Waals surface area (Å²) in [5, 5.41) is 0. The summed E-state index contributed by atoms with van der Waals surface area (Å²) in [5.74, 6) is -0.390. The highest BCUT2D eigenvalue weighted by atomic mass is 32.2. The highest BCUT2D eigenvalue weighted by molar-refractivity contribution is 7.88. The first-order chi connectivity index (χ1) is 7.70. The van der Waals surface area contributed by atoms with Gasteiger partial charge >= 0.3 is 5.97 Å². The average Bonchev–Trinajstić information content (AvgIpc) is 2.13. The van der Waals surface area contributed by atoms with Gasteiger partial charge in [-0.3, -0.25) is 4.79 Å². The number of hydrogen-bond acceptors (Lipinski definition) is 5. The van der Waals surface area contributed by atoms with E-state index >= 15 is 0 Å². The molecular weight excluding hydrogens is 246 g/mol. The number of rotatable bonds is 8. The molecule has 0 fully saturated rings. The van der Waals surface area contributed by atoms with Crippen molar-refractivity contribution in [2.75, 3.05) is 12.8 Å². The normalized spacial score (nSPS) is 13.1. The Morgan fingerprint density at radius 1 is 1.29 bits per heavy atom. The summed E-state index contributed by atoms with van der Waals surface area (Å²) in [5.41, 5.74) is 0. The van der Waals surface area contributed by atoms with E-state index in [9.17, 15) is 18.0 Å². The number of nitrogens with one attached hydrogen (secondary N) is 1. The SMILES string of the molecule is CC(=O)CCCC(=O)O[C@H](C)CNS(C)(=O)=O. The van der Waals surface area contributed by atoms with Gasteiger partial charge in [0.15, 0.2) is 0 Å². The van der Waals surface area contributed by atoms with Crippen molar-refractivity contribution in [1.82, 2.24) is 4.72 Å². The number of ether oxygens (including phenoxy) is 1. The van der Waals surface area contributed by atoms with E-state index in [2.05, 4.69) is 4.72 Å². The topological polar surface area (TPSA) is 89.5 Å². The van der Waals surface area contributed by atoms with E-state index in [-0.39, 0.29) is 18.7 Å². The van der Waals surface area contributed by atoms with Crippen LogP contribution in [0.5, 0.6) is 0 Å². The molecule has 0 spiro atoms. The Hall–Kier alpha value is -0.950. The molecule has 0 aliphatic carbocycles. The molecule has 0 aromatic carbocycles. The molecule has 0 aromatic heterocycles. The largest absolute Gasteiger partial charge is 0.461 e. The summed E-state index contributed by atoms with van der Waals surface area (Å²) in [6, 6.07) is 0. The molecule has 17 heavy (non-hydrogen) atoms. The van der Waals surface area contributed by atoms with Crippen LogP contribution in [-0.4, -0.2) is 39.1 Å². The van der Waals surface area contributed by atoms with Gasteiger partial charge in [-0.25, -0.2) is 13.1 Å². The van der Waals surface area contributed by atoms with Crippen molar-refractivity contribution in [1.29, 1.82) is 0 Å². The fraction of sp³-hybridized carbons (Fsp3) is 0.800. The van der Waals surface area contributed by atoms with Crippen LogP contribution in [0.3, 0.4) is 0 Å². The van der Waals surface area contributed by atoms with Gasteiger partial charge in [0.2, 0.25) is 10.0 Å². The second-order valence-electron chi connectivity index (χ2n) is 3.98. The molecule has 100 valence electrons. The predicted octanol–water partition coefficient (Wildman–Crippen LogP) is 0.227. The van der Waals surface area contributed by atoms with E-state index in [1.54, 1.807) is 6.92 Å². The fourth-order valence-electron chi connectivity index (χ4n) is 1.08. The zero-order chi connectivity index (χ0) is 13.5. The zero-order valence-corrected chi connectivity index (χ0v) is 11.2. The summed E-state index contributed by atoms with van der Waals surface area (Å²) in [6.45, 7) is 3.11. The number of esters is 1. The van der Waals surface area contributed by atoms with E-state index < -0.39 is 22.1 Å². The van der Waals surface area contributed by atoms with Crippen molar-refractivity contribution in [2.45, 2.75) is 39.2 Å². The highest BCUT2D eigenvalue weighted by Gasteiger charge is 2.11. The molecule has 0 bridgehead atoms. The highest BCUT2D eigenvalue weighted by Crippen LogP contribution is 2.01. The van der Waals surface area contributed by atoms with Crippen LogP contribution in [0, 0.1) is 0 Å². The number of carbonyl (C=O) groups excluding carboxylic acids is 2. The Labute approximate surface area is 102 Å². The maximum Gasteiger partial charge on any atom is 0.306 e. The van der Waals surface area contributed by atoms with Gasteiger partial charge in [0.25, 0.3) is 0 Å². The van der Waals surface area contributed by atoms with Crippen molar-refractivity contribution in [3.05, 3.63) is 0 Å². The lowest BCUT2D eigenvalue weighted by atomic mass is 10.2. The lowest BCUT2D eigenvalue weighted by Gasteiger charge is -2.13. The molecule has 0 radical (unpaired) electrons. The number of Topliss-reactive ketones (excluding diaryl/α,β-unsaturated/α-hetero) is 1. The van der Waals surface area contributed by atoms with Crippen LogP contribution in [0.1, 0.15) is 33.1 Å². The molecule has 0 unspecified atom stereocenters. The molecule has 0 heterocycles. The molecule has 0 saturated carbocycles. The van der Waals surface area contributed by atoms with Gasteiger partial charge in [0.05, 0.1) is 6.26 Å². The minimum absolute atomic E-state index is 0.0320. The third-order valence-corrected chi connectivity index (χ3v) is 2.57. The summed E-state index contributed by atoms with van der Waals surface area (Å²) in [4.78, 5) is 21.9. The van der Waals surface area contributed by atoms with E-state index in [1.165, 1.54) is 6.92 Å².